The number of anilines is 2. The average molecular weight is 418 g/mol. The van der Waals surface area contributed by atoms with E-state index in [2.05, 4.69) is 10.4 Å². The molecule has 1 atom stereocenters. The summed E-state index contributed by atoms with van der Waals surface area (Å²) in [4.78, 5) is 37.0. The van der Waals surface area contributed by atoms with Gasteiger partial charge in [-0.15, -0.1) is 0 Å². The van der Waals surface area contributed by atoms with E-state index >= 15 is 0 Å². The summed E-state index contributed by atoms with van der Waals surface area (Å²) in [7, 11) is 0. The molecule has 2 amide bonds. The van der Waals surface area contributed by atoms with Crippen LogP contribution >= 0.6 is 0 Å². The topological polar surface area (TPSA) is 105 Å². The van der Waals surface area contributed by atoms with E-state index in [1.807, 2.05) is 0 Å². The SMILES string of the molecule is NC1=NN(c2ccccc2)C(=O)[C@H]1C(=O)CCC(=O)Nc1cccc(C(F)(F)F)c1. The molecule has 2 aromatic carbocycles. The quantitative estimate of drug-likeness (QED) is 0.704. The Bertz CT molecular complexity index is 1010. The van der Waals surface area contributed by atoms with Crippen LogP contribution in [0.5, 0.6) is 0 Å². The summed E-state index contributed by atoms with van der Waals surface area (Å²) in [6, 6.07) is 12.5. The number of hydrogen-bond acceptors (Lipinski definition) is 5. The zero-order valence-electron chi connectivity index (χ0n) is 15.5. The average Bonchev–Trinajstić information content (AvgIpc) is 3.00. The van der Waals surface area contributed by atoms with Crippen molar-refractivity contribution in [2.45, 2.75) is 19.0 Å². The summed E-state index contributed by atoms with van der Waals surface area (Å²) in [5, 5.41) is 7.26. The van der Waals surface area contributed by atoms with Crippen molar-refractivity contribution in [3.05, 3.63) is 60.2 Å². The van der Waals surface area contributed by atoms with Gasteiger partial charge in [-0.05, 0) is 30.3 Å². The van der Waals surface area contributed by atoms with E-state index in [1.165, 1.54) is 6.07 Å². The van der Waals surface area contributed by atoms with Gasteiger partial charge in [-0.3, -0.25) is 14.4 Å². The number of ketones is 1. The molecule has 7 nitrogen and oxygen atoms in total. The predicted octanol–water partition coefficient (Wildman–Crippen LogP) is 2.93. The Morgan fingerprint density at radius 3 is 2.43 bits per heavy atom. The lowest BCUT2D eigenvalue weighted by Crippen LogP contribution is -2.36. The number of benzene rings is 2. The molecule has 3 rings (SSSR count). The van der Waals surface area contributed by atoms with Gasteiger partial charge in [-0.1, -0.05) is 24.3 Å². The minimum absolute atomic E-state index is 0.0458. The highest BCUT2D eigenvalue weighted by Gasteiger charge is 2.40. The highest BCUT2D eigenvalue weighted by Crippen LogP contribution is 2.30. The number of hydrazone groups is 1. The number of rotatable bonds is 6. The van der Waals surface area contributed by atoms with E-state index in [9.17, 15) is 27.6 Å². The molecule has 10 heteroatoms. The monoisotopic (exact) mass is 418 g/mol. The summed E-state index contributed by atoms with van der Waals surface area (Å²) in [6.45, 7) is 0. The Morgan fingerprint density at radius 2 is 1.77 bits per heavy atom. The summed E-state index contributed by atoms with van der Waals surface area (Å²) >= 11 is 0. The van der Waals surface area contributed by atoms with Crippen LogP contribution in [-0.4, -0.2) is 23.4 Å². The van der Waals surface area contributed by atoms with Gasteiger partial charge in [-0.2, -0.15) is 23.3 Å². The predicted molar refractivity (Wildman–Crippen MR) is 103 cm³/mol. The van der Waals surface area contributed by atoms with E-state index in [1.54, 1.807) is 30.3 Å². The van der Waals surface area contributed by atoms with Gasteiger partial charge in [0.25, 0.3) is 5.91 Å². The fraction of sp³-hybridized carbons (Fsp3) is 0.200. The molecule has 0 saturated heterocycles. The number of carbonyl (C=O) groups is 3. The number of nitrogens with two attached hydrogens (primary N) is 1. The van der Waals surface area contributed by atoms with E-state index in [0.717, 1.165) is 23.2 Å². The van der Waals surface area contributed by atoms with Gasteiger partial charge in [0, 0.05) is 18.5 Å². The number of hydrogen-bond donors (Lipinski definition) is 2. The smallest absolute Gasteiger partial charge is 0.385 e. The van der Waals surface area contributed by atoms with Gasteiger partial charge in [0.05, 0.1) is 11.3 Å². The molecule has 1 aliphatic rings. The first-order valence-corrected chi connectivity index (χ1v) is 8.89. The fourth-order valence-electron chi connectivity index (χ4n) is 2.91. The number of nitrogens with zero attached hydrogens (tertiary/aromatic N) is 2. The molecule has 0 aromatic heterocycles. The maximum absolute atomic E-state index is 12.7. The highest BCUT2D eigenvalue weighted by molar-refractivity contribution is 6.26. The lowest BCUT2D eigenvalue weighted by Gasteiger charge is -2.13. The lowest BCUT2D eigenvalue weighted by atomic mass is 9.98. The van der Waals surface area contributed by atoms with Crippen molar-refractivity contribution in [2.75, 3.05) is 10.3 Å². The van der Waals surface area contributed by atoms with Gasteiger partial charge in [-0.25, -0.2) is 0 Å². The van der Waals surface area contributed by atoms with E-state index in [0.29, 0.717) is 5.69 Å². The molecule has 1 heterocycles. The van der Waals surface area contributed by atoms with Crippen molar-refractivity contribution in [1.29, 1.82) is 0 Å². The van der Waals surface area contributed by atoms with Crippen molar-refractivity contribution < 1.29 is 27.6 Å². The summed E-state index contributed by atoms with van der Waals surface area (Å²) in [6.07, 6.45) is -5.18. The maximum Gasteiger partial charge on any atom is 0.416 e. The van der Waals surface area contributed by atoms with Crippen molar-refractivity contribution in [3.63, 3.8) is 0 Å². The minimum Gasteiger partial charge on any atom is -0.385 e. The lowest BCUT2D eigenvalue weighted by molar-refractivity contribution is -0.137. The van der Waals surface area contributed by atoms with Gasteiger partial charge in [0.15, 0.2) is 11.7 Å². The third kappa shape index (κ3) is 4.65. The van der Waals surface area contributed by atoms with Gasteiger partial charge < -0.3 is 11.1 Å². The Morgan fingerprint density at radius 1 is 1.07 bits per heavy atom. The Hall–Kier alpha value is -3.69. The molecule has 0 spiro atoms. The Labute approximate surface area is 169 Å². The second-order valence-electron chi connectivity index (χ2n) is 6.54. The molecular formula is C20H17F3N4O3. The molecular weight excluding hydrogens is 401 g/mol. The molecule has 0 aliphatic carbocycles. The number of carbonyl (C=O) groups excluding carboxylic acids is 3. The number of amidine groups is 1. The normalized spacial score (nSPS) is 16.4. The molecule has 30 heavy (non-hydrogen) atoms. The van der Waals surface area contributed by atoms with Crippen LogP contribution in [0.4, 0.5) is 24.5 Å². The van der Waals surface area contributed by atoms with Crippen LogP contribution in [-0.2, 0) is 20.6 Å². The number of nitrogens with one attached hydrogen (secondary N) is 1. The number of para-hydroxylation sites is 1. The van der Waals surface area contributed by atoms with Crippen LogP contribution < -0.4 is 16.1 Å². The van der Waals surface area contributed by atoms with Crippen molar-refractivity contribution in [1.82, 2.24) is 0 Å². The number of amides is 2. The highest BCUT2D eigenvalue weighted by atomic mass is 19.4. The molecule has 156 valence electrons. The van der Waals surface area contributed by atoms with Crippen LogP contribution in [0.2, 0.25) is 0 Å². The zero-order chi connectivity index (χ0) is 21.9. The van der Waals surface area contributed by atoms with Crippen LogP contribution in [0.15, 0.2) is 59.7 Å². The first-order valence-electron chi connectivity index (χ1n) is 8.89. The maximum atomic E-state index is 12.7. The molecule has 0 unspecified atom stereocenters. The third-order valence-electron chi connectivity index (χ3n) is 4.36. The molecule has 1 aliphatic heterocycles. The fourth-order valence-corrected chi connectivity index (χ4v) is 2.91. The Kier molecular flexibility index (Phi) is 5.86. The van der Waals surface area contributed by atoms with E-state index in [4.69, 9.17) is 5.73 Å². The van der Waals surface area contributed by atoms with Gasteiger partial charge in [0.2, 0.25) is 5.91 Å². The molecule has 0 radical (unpaired) electrons. The molecule has 0 bridgehead atoms. The third-order valence-corrected chi connectivity index (χ3v) is 4.36. The Balaban J connectivity index is 1.59. The van der Waals surface area contributed by atoms with E-state index in [-0.39, 0.29) is 24.4 Å². The van der Waals surface area contributed by atoms with Gasteiger partial charge in [0.1, 0.15) is 5.84 Å². The van der Waals surface area contributed by atoms with Gasteiger partial charge >= 0.3 is 6.18 Å². The van der Waals surface area contributed by atoms with E-state index < -0.39 is 35.3 Å². The molecule has 0 fully saturated rings. The van der Waals surface area contributed by atoms with Crippen molar-refractivity contribution >= 4 is 34.8 Å². The van der Waals surface area contributed by atoms with Crippen molar-refractivity contribution in [2.24, 2.45) is 16.8 Å². The summed E-state index contributed by atoms with van der Waals surface area (Å²) in [5.74, 6) is -3.36. The van der Waals surface area contributed by atoms with Crippen LogP contribution in [0.1, 0.15) is 18.4 Å². The standard InChI is InChI=1S/C20H17F3N4O3/c21-20(22,23)12-5-4-6-13(11-12)25-16(29)10-9-15(28)17-18(24)26-27(19(17)30)14-7-2-1-3-8-14/h1-8,11,17H,9-10H2,(H2,24,26)(H,25,29)/t17-/m0/s1. The second kappa shape index (κ2) is 8.36. The molecule has 0 saturated carbocycles. The summed E-state index contributed by atoms with van der Waals surface area (Å²) in [5.41, 5.74) is 5.24. The zero-order valence-corrected chi connectivity index (χ0v) is 15.5. The summed E-state index contributed by atoms with van der Waals surface area (Å²) < 4.78 is 38.2. The van der Waals surface area contributed by atoms with Crippen LogP contribution in [0, 0.1) is 5.92 Å². The number of Topliss-reactive ketones (excluding diaryl/α,β-unsaturated/α-hetero) is 1. The van der Waals surface area contributed by atoms with Crippen molar-refractivity contribution in [3.8, 4) is 0 Å². The number of halogens is 3. The van der Waals surface area contributed by atoms with Crippen LogP contribution in [0.25, 0.3) is 0 Å². The van der Waals surface area contributed by atoms with Crippen LogP contribution in [0.3, 0.4) is 0 Å². The minimum atomic E-state index is -4.54. The second-order valence-corrected chi connectivity index (χ2v) is 6.54. The first-order chi connectivity index (χ1) is 14.2. The first kappa shape index (κ1) is 21.0. The largest absolute Gasteiger partial charge is 0.416 e. The molecule has 3 N–H and O–H groups in total. The number of alkyl halides is 3. The molecule has 2 aromatic rings.